The van der Waals surface area contributed by atoms with Gasteiger partial charge in [0.2, 0.25) is 0 Å². The Bertz CT molecular complexity index is 97.2. The predicted octanol–water partition coefficient (Wildman–Crippen LogP) is 0.954. The van der Waals surface area contributed by atoms with Crippen LogP contribution in [0.4, 0.5) is 0 Å². The molecule has 1 unspecified atom stereocenters. The molecule has 1 atom stereocenters. The standard InChI is InChI=1S/C7H14O2.C2H4O/c8-5-3-1-2-4-7-6-9-7;1-2-3-1/h7-8H,1-6H2;1-2H2. The molecule has 3 nitrogen and oxygen atoms in total. The van der Waals surface area contributed by atoms with Gasteiger partial charge in [0.15, 0.2) is 0 Å². The number of hydrogen-bond acceptors (Lipinski definition) is 3. The molecular weight excluding hydrogens is 156 g/mol. The Morgan fingerprint density at radius 3 is 2.25 bits per heavy atom. The predicted molar refractivity (Wildman–Crippen MR) is 46.1 cm³/mol. The van der Waals surface area contributed by atoms with E-state index in [0.29, 0.717) is 12.7 Å². The highest BCUT2D eigenvalue weighted by Gasteiger charge is 2.20. The van der Waals surface area contributed by atoms with Gasteiger partial charge in [-0.3, -0.25) is 0 Å². The van der Waals surface area contributed by atoms with Crippen molar-refractivity contribution in [2.24, 2.45) is 0 Å². The molecule has 0 aromatic carbocycles. The molecule has 0 bridgehead atoms. The second-order valence-electron chi connectivity index (χ2n) is 3.14. The monoisotopic (exact) mass is 174 g/mol. The van der Waals surface area contributed by atoms with Gasteiger partial charge >= 0.3 is 0 Å². The van der Waals surface area contributed by atoms with Gasteiger partial charge in [-0.25, -0.2) is 0 Å². The third-order valence-corrected chi connectivity index (χ3v) is 1.79. The molecule has 1 N–H and O–H groups in total. The summed E-state index contributed by atoms with van der Waals surface area (Å²) in [5.74, 6) is 0. The van der Waals surface area contributed by atoms with Gasteiger partial charge in [0.25, 0.3) is 0 Å². The molecule has 2 rings (SSSR count). The zero-order valence-electron chi connectivity index (χ0n) is 7.50. The van der Waals surface area contributed by atoms with Crippen molar-refractivity contribution in [1.29, 1.82) is 0 Å². The normalized spacial score (nSPS) is 24.2. The van der Waals surface area contributed by atoms with Crippen LogP contribution in [0, 0.1) is 0 Å². The van der Waals surface area contributed by atoms with Crippen LogP contribution in [-0.4, -0.2) is 37.6 Å². The van der Waals surface area contributed by atoms with E-state index in [1.165, 1.54) is 12.8 Å². The molecule has 3 heteroatoms. The van der Waals surface area contributed by atoms with Crippen molar-refractivity contribution in [2.45, 2.75) is 31.8 Å². The van der Waals surface area contributed by atoms with Gasteiger partial charge in [0, 0.05) is 6.61 Å². The minimum absolute atomic E-state index is 0.339. The SMILES string of the molecule is C1CO1.OCCCCCC1CO1. The summed E-state index contributed by atoms with van der Waals surface area (Å²) in [6.07, 6.45) is 5.08. The smallest absolute Gasteiger partial charge is 0.0810 e. The number of hydrogen-bond donors (Lipinski definition) is 1. The molecule has 72 valence electrons. The van der Waals surface area contributed by atoms with Gasteiger partial charge in [0.05, 0.1) is 25.9 Å². The average molecular weight is 174 g/mol. The molecule has 0 radical (unpaired) electrons. The molecule has 2 aliphatic heterocycles. The first-order valence-electron chi connectivity index (χ1n) is 4.73. The van der Waals surface area contributed by atoms with Crippen molar-refractivity contribution in [3.8, 4) is 0 Å². The molecule has 0 amide bonds. The third-order valence-electron chi connectivity index (χ3n) is 1.79. The highest BCUT2D eigenvalue weighted by atomic mass is 16.6. The first-order valence-corrected chi connectivity index (χ1v) is 4.73. The van der Waals surface area contributed by atoms with E-state index in [1.54, 1.807) is 0 Å². The van der Waals surface area contributed by atoms with Crippen molar-refractivity contribution < 1.29 is 14.6 Å². The fraction of sp³-hybridized carbons (Fsp3) is 1.00. The van der Waals surface area contributed by atoms with Crippen LogP contribution in [0.3, 0.4) is 0 Å². The zero-order chi connectivity index (χ0) is 8.65. The van der Waals surface area contributed by atoms with Crippen LogP contribution in [0.1, 0.15) is 25.7 Å². The zero-order valence-corrected chi connectivity index (χ0v) is 7.50. The number of aliphatic hydroxyl groups is 1. The summed E-state index contributed by atoms with van der Waals surface area (Å²) in [5, 5.41) is 8.42. The number of epoxide rings is 2. The minimum atomic E-state index is 0.339. The lowest BCUT2D eigenvalue weighted by Gasteiger charge is -1.93. The second kappa shape index (κ2) is 6.40. The van der Waals surface area contributed by atoms with E-state index in [4.69, 9.17) is 9.84 Å². The lowest BCUT2D eigenvalue weighted by atomic mass is 10.2. The molecular formula is C9H18O3. The fourth-order valence-corrected chi connectivity index (χ4v) is 0.895. The van der Waals surface area contributed by atoms with Crippen molar-refractivity contribution in [3.05, 3.63) is 0 Å². The molecule has 0 aliphatic carbocycles. The van der Waals surface area contributed by atoms with E-state index in [2.05, 4.69) is 4.74 Å². The first kappa shape index (κ1) is 9.96. The Labute approximate surface area is 73.7 Å². The molecule has 0 aromatic rings. The van der Waals surface area contributed by atoms with Gasteiger partial charge < -0.3 is 14.6 Å². The van der Waals surface area contributed by atoms with E-state index < -0.39 is 0 Å². The average Bonchev–Trinajstić information content (AvgIpc) is 2.92. The van der Waals surface area contributed by atoms with Gasteiger partial charge in [-0.2, -0.15) is 0 Å². The summed E-state index contributed by atoms with van der Waals surface area (Å²) in [6.45, 7) is 3.31. The molecule has 0 aromatic heterocycles. The Kier molecular flexibility index (Phi) is 5.32. The van der Waals surface area contributed by atoms with Gasteiger partial charge in [0.1, 0.15) is 0 Å². The Balaban J connectivity index is 0.000000200. The summed E-state index contributed by atoms with van der Waals surface area (Å²) in [4.78, 5) is 0. The summed E-state index contributed by atoms with van der Waals surface area (Å²) < 4.78 is 9.53. The summed E-state index contributed by atoms with van der Waals surface area (Å²) >= 11 is 0. The molecule has 2 saturated heterocycles. The first-order chi connectivity index (χ1) is 5.93. The topological polar surface area (TPSA) is 45.3 Å². The van der Waals surface area contributed by atoms with Crippen molar-refractivity contribution in [1.82, 2.24) is 0 Å². The van der Waals surface area contributed by atoms with Crippen molar-refractivity contribution >= 4 is 0 Å². The van der Waals surface area contributed by atoms with Gasteiger partial charge in [-0.1, -0.05) is 12.8 Å². The van der Waals surface area contributed by atoms with Gasteiger partial charge in [-0.05, 0) is 12.8 Å². The molecule has 2 aliphatic rings. The lowest BCUT2D eigenvalue weighted by Crippen LogP contribution is -1.87. The van der Waals surface area contributed by atoms with Crippen LogP contribution < -0.4 is 0 Å². The van der Waals surface area contributed by atoms with Crippen LogP contribution in [0.25, 0.3) is 0 Å². The quantitative estimate of drug-likeness (QED) is 0.498. The molecule has 12 heavy (non-hydrogen) atoms. The van der Waals surface area contributed by atoms with Crippen molar-refractivity contribution in [3.63, 3.8) is 0 Å². The Morgan fingerprint density at radius 1 is 1.17 bits per heavy atom. The fourth-order valence-electron chi connectivity index (χ4n) is 0.895. The Morgan fingerprint density at radius 2 is 1.83 bits per heavy atom. The van der Waals surface area contributed by atoms with Crippen LogP contribution in [0.15, 0.2) is 0 Å². The molecule has 2 heterocycles. The van der Waals surface area contributed by atoms with Crippen LogP contribution in [0.2, 0.25) is 0 Å². The molecule has 2 fully saturated rings. The minimum Gasteiger partial charge on any atom is -0.396 e. The number of ether oxygens (including phenoxy) is 2. The van der Waals surface area contributed by atoms with Gasteiger partial charge in [-0.15, -0.1) is 0 Å². The maximum atomic E-state index is 8.42. The van der Waals surface area contributed by atoms with Crippen LogP contribution >= 0.6 is 0 Å². The molecule has 0 saturated carbocycles. The van der Waals surface area contributed by atoms with Crippen LogP contribution in [0.5, 0.6) is 0 Å². The summed E-state index contributed by atoms with van der Waals surface area (Å²) in [7, 11) is 0. The van der Waals surface area contributed by atoms with E-state index in [0.717, 1.165) is 32.7 Å². The summed E-state index contributed by atoms with van der Waals surface area (Å²) in [6, 6.07) is 0. The largest absolute Gasteiger partial charge is 0.396 e. The highest BCUT2D eigenvalue weighted by molar-refractivity contribution is 4.67. The van der Waals surface area contributed by atoms with E-state index in [9.17, 15) is 0 Å². The second-order valence-corrected chi connectivity index (χ2v) is 3.14. The van der Waals surface area contributed by atoms with E-state index in [1.807, 2.05) is 0 Å². The number of aliphatic hydroxyl groups excluding tert-OH is 1. The third kappa shape index (κ3) is 7.98. The van der Waals surface area contributed by atoms with E-state index in [-0.39, 0.29) is 0 Å². The van der Waals surface area contributed by atoms with E-state index >= 15 is 0 Å². The summed E-state index contributed by atoms with van der Waals surface area (Å²) in [5.41, 5.74) is 0. The maximum absolute atomic E-state index is 8.42. The number of unbranched alkanes of at least 4 members (excludes halogenated alkanes) is 2. The lowest BCUT2D eigenvalue weighted by molar-refractivity contribution is 0.280. The highest BCUT2D eigenvalue weighted by Crippen LogP contribution is 2.16. The maximum Gasteiger partial charge on any atom is 0.0810 e. The van der Waals surface area contributed by atoms with Crippen molar-refractivity contribution in [2.75, 3.05) is 26.4 Å². The molecule has 0 spiro atoms. The Hall–Kier alpha value is -0.120. The number of rotatable bonds is 5. The van der Waals surface area contributed by atoms with Crippen LogP contribution in [-0.2, 0) is 9.47 Å².